The largest absolute Gasteiger partial charge is 0.479 e. The lowest BCUT2D eigenvalue weighted by molar-refractivity contribution is -0.153. The van der Waals surface area contributed by atoms with Crippen molar-refractivity contribution in [3.63, 3.8) is 0 Å². The summed E-state index contributed by atoms with van der Waals surface area (Å²) >= 11 is 0. The Morgan fingerprint density at radius 1 is 1.50 bits per heavy atom. The van der Waals surface area contributed by atoms with Crippen LogP contribution in [0.15, 0.2) is 18.2 Å². The second-order valence-electron chi connectivity index (χ2n) is 3.49. The first-order valence-electron chi connectivity index (χ1n) is 4.47. The van der Waals surface area contributed by atoms with Gasteiger partial charge in [-0.15, -0.1) is 0 Å². The normalized spacial score (nSPS) is 22.1. The van der Waals surface area contributed by atoms with Crippen LogP contribution in [0.4, 0.5) is 13.2 Å². The summed E-state index contributed by atoms with van der Waals surface area (Å²) in [5, 5.41) is 8.62. The molecule has 86 valence electrons. The summed E-state index contributed by atoms with van der Waals surface area (Å²) in [6.45, 7) is 0. The van der Waals surface area contributed by atoms with Crippen molar-refractivity contribution in [2.45, 2.75) is 18.4 Å². The number of carboxylic acids is 1. The number of benzene rings is 1. The Bertz CT molecular complexity index is 445. The van der Waals surface area contributed by atoms with E-state index in [-0.39, 0.29) is 5.75 Å². The third kappa shape index (κ3) is 1.70. The highest BCUT2D eigenvalue weighted by atomic mass is 19.3. The van der Waals surface area contributed by atoms with E-state index in [1.165, 1.54) is 0 Å². The fraction of sp³-hybridized carbons (Fsp3) is 0.300. The highest BCUT2D eigenvalue weighted by molar-refractivity contribution is 5.73. The molecule has 1 aromatic rings. The van der Waals surface area contributed by atoms with Crippen LogP contribution in [0.3, 0.4) is 0 Å². The number of carboxylic acid groups (broad SMARTS) is 1. The standard InChI is InChI=1S/C10H7F3O3/c11-5-1-2-7-6(3-5)10(12,13)4-8(16-7)9(14)15/h1-3,8H,4H2,(H,14,15). The van der Waals surface area contributed by atoms with Crippen molar-refractivity contribution < 1.29 is 27.8 Å². The molecule has 0 saturated heterocycles. The molecule has 0 aliphatic carbocycles. The number of alkyl halides is 2. The molecule has 1 unspecified atom stereocenters. The van der Waals surface area contributed by atoms with Crippen molar-refractivity contribution in [1.82, 2.24) is 0 Å². The topological polar surface area (TPSA) is 46.5 Å². The van der Waals surface area contributed by atoms with Crippen molar-refractivity contribution in [3.8, 4) is 5.75 Å². The van der Waals surface area contributed by atoms with Crippen LogP contribution >= 0.6 is 0 Å². The number of halogens is 3. The maximum absolute atomic E-state index is 13.5. The van der Waals surface area contributed by atoms with Gasteiger partial charge in [0.2, 0.25) is 6.10 Å². The molecule has 1 N–H and O–H groups in total. The molecular formula is C10H7F3O3. The third-order valence-corrected chi connectivity index (χ3v) is 2.32. The molecule has 0 aromatic heterocycles. The van der Waals surface area contributed by atoms with E-state index in [0.717, 1.165) is 12.1 Å². The molecule has 6 heteroatoms. The minimum Gasteiger partial charge on any atom is -0.479 e. The predicted molar refractivity (Wildman–Crippen MR) is 47.0 cm³/mol. The Kier molecular flexibility index (Phi) is 2.29. The second kappa shape index (κ2) is 3.40. The first-order valence-corrected chi connectivity index (χ1v) is 4.47. The minimum atomic E-state index is -3.39. The number of ether oxygens (including phenoxy) is 1. The van der Waals surface area contributed by atoms with Gasteiger partial charge in [-0.2, -0.15) is 0 Å². The molecule has 16 heavy (non-hydrogen) atoms. The minimum absolute atomic E-state index is 0.287. The van der Waals surface area contributed by atoms with E-state index in [0.29, 0.717) is 6.07 Å². The van der Waals surface area contributed by atoms with Gasteiger partial charge in [-0.1, -0.05) is 0 Å². The van der Waals surface area contributed by atoms with E-state index in [9.17, 15) is 18.0 Å². The Hall–Kier alpha value is -1.72. The highest BCUT2D eigenvalue weighted by Crippen LogP contribution is 2.43. The second-order valence-corrected chi connectivity index (χ2v) is 3.49. The lowest BCUT2D eigenvalue weighted by atomic mass is 9.98. The molecule has 1 aliphatic heterocycles. The van der Waals surface area contributed by atoms with Crippen LogP contribution in [0.1, 0.15) is 12.0 Å². The first kappa shape index (κ1) is 10.8. The van der Waals surface area contributed by atoms with Crippen molar-refractivity contribution in [1.29, 1.82) is 0 Å². The predicted octanol–water partition coefficient (Wildman–Crippen LogP) is 2.15. The SMILES string of the molecule is O=C(O)C1CC(F)(F)c2cc(F)ccc2O1. The van der Waals surface area contributed by atoms with Gasteiger partial charge in [-0.25, -0.2) is 18.0 Å². The van der Waals surface area contributed by atoms with Gasteiger partial charge < -0.3 is 9.84 Å². The van der Waals surface area contributed by atoms with E-state index in [1.807, 2.05) is 0 Å². The zero-order chi connectivity index (χ0) is 11.9. The summed E-state index contributed by atoms with van der Waals surface area (Å²) in [6.07, 6.45) is -2.59. The molecule has 0 amide bonds. The van der Waals surface area contributed by atoms with Crippen LogP contribution in [0, 0.1) is 5.82 Å². The number of aliphatic carboxylic acids is 1. The van der Waals surface area contributed by atoms with E-state index in [2.05, 4.69) is 0 Å². The lowest BCUT2D eigenvalue weighted by Gasteiger charge is -2.29. The number of hydrogen-bond donors (Lipinski definition) is 1. The summed E-state index contributed by atoms with van der Waals surface area (Å²) in [5.74, 6) is -5.95. The number of fused-ring (bicyclic) bond motifs is 1. The molecule has 0 saturated carbocycles. The van der Waals surface area contributed by atoms with Gasteiger partial charge in [-0.3, -0.25) is 0 Å². The quantitative estimate of drug-likeness (QED) is 0.806. The van der Waals surface area contributed by atoms with Crippen molar-refractivity contribution in [2.75, 3.05) is 0 Å². The first-order chi connectivity index (χ1) is 7.40. The molecule has 1 aromatic carbocycles. The molecular weight excluding hydrogens is 225 g/mol. The zero-order valence-corrected chi connectivity index (χ0v) is 7.91. The fourth-order valence-corrected chi connectivity index (χ4v) is 1.57. The molecule has 0 fully saturated rings. The van der Waals surface area contributed by atoms with Crippen LogP contribution in [-0.2, 0) is 10.7 Å². The van der Waals surface area contributed by atoms with E-state index in [1.54, 1.807) is 0 Å². The van der Waals surface area contributed by atoms with Gasteiger partial charge in [0.25, 0.3) is 5.92 Å². The Morgan fingerprint density at radius 2 is 2.19 bits per heavy atom. The van der Waals surface area contributed by atoms with Gasteiger partial charge in [-0.05, 0) is 18.2 Å². The Morgan fingerprint density at radius 3 is 2.81 bits per heavy atom. The van der Waals surface area contributed by atoms with Gasteiger partial charge >= 0.3 is 5.97 Å². The van der Waals surface area contributed by atoms with Crippen LogP contribution in [0.2, 0.25) is 0 Å². The van der Waals surface area contributed by atoms with Gasteiger partial charge in [0.05, 0.1) is 12.0 Å². The average molecular weight is 232 g/mol. The number of rotatable bonds is 1. The molecule has 1 aliphatic rings. The summed E-state index contributed by atoms with van der Waals surface area (Å²) in [5.41, 5.74) is -0.606. The monoisotopic (exact) mass is 232 g/mol. The smallest absolute Gasteiger partial charge is 0.345 e. The number of hydrogen-bond acceptors (Lipinski definition) is 2. The van der Waals surface area contributed by atoms with Crippen molar-refractivity contribution >= 4 is 5.97 Å². The maximum Gasteiger partial charge on any atom is 0.345 e. The van der Waals surface area contributed by atoms with E-state index in [4.69, 9.17) is 9.84 Å². The van der Waals surface area contributed by atoms with Crippen LogP contribution < -0.4 is 4.74 Å². The summed E-state index contributed by atoms with van der Waals surface area (Å²) < 4.78 is 44.6. The molecule has 0 radical (unpaired) electrons. The van der Waals surface area contributed by atoms with Gasteiger partial charge in [0, 0.05) is 0 Å². The van der Waals surface area contributed by atoms with E-state index >= 15 is 0 Å². The summed E-state index contributed by atoms with van der Waals surface area (Å²) in [7, 11) is 0. The van der Waals surface area contributed by atoms with Crippen LogP contribution in [0.25, 0.3) is 0 Å². The third-order valence-electron chi connectivity index (χ3n) is 2.32. The zero-order valence-electron chi connectivity index (χ0n) is 7.91. The average Bonchev–Trinajstić information content (AvgIpc) is 2.18. The molecule has 1 atom stereocenters. The molecule has 2 rings (SSSR count). The van der Waals surface area contributed by atoms with Crippen LogP contribution in [0.5, 0.6) is 5.75 Å². The molecule has 3 nitrogen and oxygen atoms in total. The molecule has 0 bridgehead atoms. The van der Waals surface area contributed by atoms with Gasteiger partial charge in [0.15, 0.2) is 0 Å². The maximum atomic E-state index is 13.5. The number of carbonyl (C=O) groups is 1. The lowest BCUT2D eigenvalue weighted by Crippen LogP contribution is -2.38. The molecule has 1 heterocycles. The summed E-state index contributed by atoms with van der Waals surface area (Å²) in [6, 6.07) is 2.61. The van der Waals surface area contributed by atoms with E-state index < -0.39 is 35.8 Å². The highest BCUT2D eigenvalue weighted by Gasteiger charge is 2.45. The summed E-state index contributed by atoms with van der Waals surface area (Å²) in [4.78, 5) is 10.6. The van der Waals surface area contributed by atoms with Crippen LogP contribution in [-0.4, -0.2) is 17.2 Å². The van der Waals surface area contributed by atoms with Crippen molar-refractivity contribution in [2.24, 2.45) is 0 Å². The Balaban J connectivity index is 2.47. The van der Waals surface area contributed by atoms with Gasteiger partial charge in [0.1, 0.15) is 11.6 Å². The fourth-order valence-electron chi connectivity index (χ4n) is 1.57. The molecule has 0 spiro atoms. The van der Waals surface area contributed by atoms with Crippen molar-refractivity contribution in [3.05, 3.63) is 29.6 Å². The Labute approximate surface area is 88.5 Å².